The van der Waals surface area contributed by atoms with E-state index in [4.69, 9.17) is 9.15 Å². The van der Waals surface area contributed by atoms with Crippen LogP contribution in [0, 0.1) is 6.92 Å². The maximum atomic E-state index is 12.0. The first-order valence-corrected chi connectivity index (χ1v) is 6.49. The molecule has 5 nitrogen and oxygen atoms in total. The highest BCUT2D eigenvalue weighted by Gasteiger charge is 2.17. The summed E-state index contributed by atoms with van der Waals surface area (Å²) in [5.41, 5.74) is 2.00. The molecule has 2 heterocycles. The molecule has 1 aliphatic rings. The molecule has 0 aliphatic carbocycles. The summed E-state index contributed by atoms with van der Waals surface area (Å²) in [6, 6.07) is 5.28. The Bertz CT molecular complexity index is 600. The number of rotatable bonds is 3. The molecule has 0 spiro atoms. The van der Waals surface area contributed by atoms with Crippen LogP contribution >= 0.6 is 0 Å². The molecule has 1 aliphatic heterocycles. The van der Waals surface area contributed by atoms with Crippen LogP contribution in [0.5, 0.6) is 0 Å². The van der Waals surface area contributed by atoms with Crippen LogP contribution in [0.4, 0.5) is 0 Å². The van der Waals surface area contributed by atoms with E-state index in [1.54, 1.807) is 25.1 Å². The number of carbonyl (C=O) groups is 1. The molecule has 1 fully saturated rings. The molecular formula is C14H16N2O3. The van der Waals surface area contributed by atoms with Gasteiger partial charge in [0.05, 0.1) is 6.10 Å². The van der Waals surface area contributed by atoms with Crippen molar-refractivity contribution in [3.8, 4) is 0 Å². The largest absolute Gasteiger partial charge is 0.441 e. The lowest BCUT2D eigenvalue weighted by molar-refractivity contribution is 0.0858. The lowest BCUT2D eigenvalue weighted by Crippen LogP contribution is -2.31. The van der Waals surface area contributed by atoms with Gasteiger partial charge in [0.15, 0.2) is 11.5 Å². The molecular weight excluding hydrogens is 244 g/mol. The van der Waals surface area contributed by atoms with Crippen molar-refractivity contribution >= 4 is 17.0 Å². The lowest BCUT2D eigenvalue weighted by Gasteiger charge is -2.10. The minimum atomic E-state index is -0.105. The summed E-state index contributed by atoms with van der Waals surface area (Å²) in [6.45, 7) is 3.15. The van der Waals surface area contributed by atoms with Crippen LogP contribution < -0.4 is 5.32 Å². The van der Waals surface area contributed by atoms with E-state index >= 15 is 0 Å². The number of aromatic nitrogens is 1. The first-order valence-electron chi connectivity index (χ1n) is 6.49. The van der Waals surface area contributed by atoms with Crippen LogP contribution in [-0.2, 0) is 4.74 Å². The van der Waals surface area contributed by atoms with Crippen molar-refractivity contribution in [3.63, 3.8) is 0 Å². The van der Waals surface area contributed by atoms with Crippen molar-refractivity contribution in [2.75, 3.05) is 13.2 Å². The van der Waals surface area contributed by atoms with Crippen molar-refractivity contribution < 1.29 is 13.9 Å². The van der Waals surface area contributed by atoms with Crippen LogP contribution in [-0.4, -0.2) is 30.1 Å². The smallest absolute Gasteiger partial charge is 0.251 e. The van der Waals surface area contributed by atoms with Gasteiger partial charge in [-0.25, -0.2) is 4.98 Å². The van der Waals surface area contributed by atoms with Gasteiger partial charge in [0.25, 0.3) is 5.91 Å². The topological polar surface area (TPSA) is 64.4 Å². The molecule has 1 aromatic heterocycles. The maximum absolute atomic E-state index is 12.0. The number of oxazole rings is 1. The minimum absolute atomic E-state index is 0.105. The van der Waals surface area contributed by atoms with Crippen LogP contribution in [0.15, 0.2) is 22.6 Å². The zero-order chi connectivity index (χ0) is 13.2. The quantitative estimate of drug-likeness (QED) is 0.917. The molecule has 1 N–H and O–H groups in total. The normalized spacial score (nSPS) is 18.9. The van der Waals surface area contributed by atoms with Crippen molar-refractivity contribution in [1.29, 1.82) is 0 Å². The molecule has 1 atom stereocenters. The van der Waals surface area contributed by atoms with E-state index in [0.717, 1.165) is 25.0 Å². The van der Waals surface area contributed by atoms with Gasteiger partial charge in [-0.05, 0) is 31.0 Å². The standard InChI is InChI=1S/C14H16N2O3/c1-9-16-12-5-4-10(7-13(12)19-9)14(17)15-8-11-3-2-6-18-11/h4-5,7,11H,2-3,6,8H2,1H3,(H,15,17). The summed E-state index contributed by atoms with van der Waals surface area (Å²) in [5.74, 6) is 0.498. The summed E-state index contributed by atoms with van der Waals surface area (Å²) in [4.78, 5) is 16.2. The number of amides is 1. The van der Waals surface area contributed by atoms with E-state index in [9.17, 15) is 4.79 Å². The highest BCUT2D eigenvalue weighted by atomic mass is 16.5. The van der Waals surface area contributed by atoms with E-state index in [0.29, 0.717) is 23.6 Å². The number of fused-ring (bicyclic) bond motifs is 1. The predicted molar refractivity (Wildman–Crippen MR) is 70.1 cm³/mol. The zero-order valence-corrected chi connectivity index (χ0v) is 10.8. The van der Waals surface area contributed by atoms with E-state index in [1.165, 1.54) is 0 Å². The van der Waals surface area contributed by atoms with Crippen molar-refractivity contribution in [2.24, 2.45) is 0 Å². The number of hydrogen-bond donors (Lipinski definition) is 1. The molecule has 5 heteroatoms. The van der Waals surface area contributed by atoms with Gasteiger partial charge in [-0.15, -0.1) is 0 Å². The van der Waals surface area contributed by atoms with Crippen molar-refractivity contribution in [3.05, 3.63) is 29.7 Å². The van der Waals surface area contributed by atoms with E-state index < -0.39 is 0 Å². The molecule has 1 amide bonds. The predicted octanol–water partition coefficient (Wildman–Crippen LogP) is 2.05. The fourth-order valence-corrected chi connectivity index (χ4v) is 2.29. The molecule has 1 aromatic carbocycles. The van der Waals surface area contributed by atoms with Gasteiger partial charge in [0.1, 0.15) is 5.52 Å². The number of aryl methyl sites for hydroxylation is 1. The summed E-state index contributed by atoms with van der Waals surface area (Å²) < 4.78 is 10.9. The second-order valence-electron chi connectivity index (χ2n) is 4.76. The summed E-state index contributed by atoms with van der Waals surface area (Å²) >= 11 is 0. The Labute approximate surface area is 111 Å². The van der Waals surface area contributed by atoms with Crippen LogP contribution in [0.1, 0.15) is 29.1 Å². The second kappa shape index (κ2) is 5.01. The van der Waals surface area contributed by atoms with Crippen LogP contribution in [0.3, 0.4) is 0 Å². The third-order valence-electron chi connectivity index (χ3n) is 3.27. The van der Waals surface area contributed by atoms with E-state index in [2.05, 4.69) is 10.3 Å². The van der Waals surface area contributed by atoms with E-state index in [-0.39, 0.29) is 12.0 Å². The average molecular weight is 260 g/mol. The number of ether oxygens (including phenoxy) is 1. The van der Waals surface area contributed by atoms with Gasteiger partial charge in [-0.1, -0.05) is 0 Å². The molecule has 19 heavy (non-hydrogen) atoms. The molecule has 1 saturated heterocycles. The molecule has 3 rings (SSSR count). The highest BCUT2D eigenvalue weighted by molar-refractivity contribution is 5.97. The number of carbonyl (C=O) groups excluding carboxylic acids is 1. The molecule has 2 aromatic rings. The van der Waals surface area contributed by atoms with Crippen LogP contribution in [0.2, 0.25) is 0 Å². The molecule has 1 unspecified atom stereocenters. The monoisotopic (exact) mass is 260 g/mol. The van der Waals surface area contributed by atoms with Gasteiger partial charge in [-0.3, -0.25) is 4.79 Å². The van der Waals surface area contributed by atoms with Gasteiger partial charge < -0.3 is 14.5 Å². The van der Waals surface area contributed by atoms with Gasteiger partial charge >= 0.3 is 0 Å². The van der Waals surface area contributed by atoms with Crippen molar-refractivity contribution in [1.82, 2.24) is 10.3 Å². The Balaban J connectivity index is 1.69. The number of nitrogens with one attached hydrogen (secondary N) is 1. The highest BCUT2D eigenvalue weighted by Crippen LogP contribution is 2.17. The molecule has 0 bridgehead atoms. The summed E-state index contributed by atoms with van der Waals surface area (Å²) in [5, 5.41) is 2.89. The number of nitrogens with zero attached hydrogens (tertiary/aromatic N) is 1. The van der Waals surface area contributed by atoms with Gasteiger partial charge in [0.2, 0.25) is 0 Å². The lowest BCUT2D eigenvalue weighted by atomic mass is 10.2. The first kappa shape index (κ1) is 12.2. The second-order valence-corrected chi connectivity index (χ2v) is 4.76. The molecule has 0 radical (unpaired) electrons. The third-order valence-corrected chi connectivity index (χ3v) is 3.27. The van der Waals surface area contributed by atoms with E-state index in [1.807, 2.05) is 0 Å². The Morgan fingerprint density at radius 2 is 2.42 bits per heavy atom. The first-order chi connectivity index (χ1) is 9.22. The molecule has 0 saturated carbocycles. The fraction of sp³-hybridized carbons (Fsp3) is 0.429. The Kier molecular flexibility index (Phi) is 3.21. The zero-order valence-electron chi connectivity index (χ0n) is 10.8. The maximum Gasteiger partial charge on any atom is 0.251 e. The van der Waals surface area contributed by atoms with Gasteiger partial charge in [0, 0.05) is 25.6 Å². The van der Waals surface area contributed by atoms with Crippen molar-refractivity contribution in [2.45, 2.75) is 25.9 Å². The molecule has 100 valence electrons. The summed E-state index contributed by atoms with van der Waals surface area (Å²) in [6.07, 6.45) is 2.24. The Hall–Kier alpha value is -1.88. The average Bonchev–Trinajstić information content (AvgIpc) is 3.02. The Morgan fingerprint density at radius 3 is 3.21 bits per heavy atom. The fourth-order valence-electron chi connectivity index (χ4n) is 2.29. The Morgan fingerprint density at radius 1 is 1.53 bits per heavy atom. The SMILES string of the molecule is Cc1nc2ccc(C(=O)NCC3CCCO3)cc2o1. The minimum Gasteiger partial charge on any atom is -0.441 e. The van der Waals surface area contributed by atoms with Crippen LogP contribution in [0.25, 0.3) is 11.1 Å². The number of benzene rings is 1. The van der Waals surface area contributed by atoms with Gasteiger partial charge in [-0.2, -0.15) is 0 Å². The summed E-state index contributed by atoms with van der Waals surface area (Å²) in [7, 11) is 0. The third kappa shape index (κ3) is 2.61. The number of hydrogen-bond acceptors (Lipinski definition) is 4.